The van der Waals surface area contributed by atoms with Crippen molar-refractivity contribution in [1.82, 2.24) is 9.78 Å². The van der Waals surface area contributed by atoms with E-state index >= 15 is 0 Å². The second-order valence-electron chi connectivity index (χ2n) is 4.01. The fourth-order valence-electron chi connectivity index (χ4n) is 1.84. The van der Waals surface area contributed by atoms with Gasteiger partial charge < -0.3 is 10.1 Å². The average Bonchev–Trinajstić information content (AvgIpc) is 2.84. The summed E-state index contributed by atoms with van der Waals surface area (Å²) in [6.45, 7) is 3.85. The SMILES string of the molecule is CCn1ncc(NCC2CCCO2)c(Cl)c1=O. The lowest BCUT2D eigenvalue weighted by atomic mass is 10.2. The quantitative estimate of drug-likeness (QED) is 0.888. The summed E-state index contributed by atoms with van der Waals surface area (Å²) in [7, 11) is 0. The molecule has 1 N–H and O–H groups in total. The molecule has 1 saturated heterocycles. The minimum atomic E-state index is -0.258. The van der Waals surface area contributed by atoms with Crippen molar-refractivity contribution < 1.29 is 4.74 Å². The Hall–Kier alpha value is -1.07. The minimum Gasteiger partial charge on any atom is -0.380 e. The first kappa shape index (κ1) is 12.4. The molecule has 6 heteroatoms. The van der Waals surface area contributed by atoms with Crippen LogP contribution >= 0.6 is 11.6 Å². The van der Waals surface area contributed by atoms with Crippen LogP contribution in [0.1, 0.15) is 19.8 Å². The van der Waals surface area contributed by atoms with Crippen molar-refractivity contribution in [3.05, 3.63) is 21.6 Å². The number of aryl methyl sites for hydroxylation is 1. The molecule has 5 nitrogen and oxygen atoms in total. The Morgan fingerprint density at radius 2 is 2.53 bits per heavy atom. The van der Waals surface area contributed by atoms with Crippen molar-refractivity contribution in [1.29, 1.82) is 0 Å². The van der Waals surface area contributed by atoms with Gasteiger partial charge in [0, 0.05) is 19.7 Å². The van der Waals surface area contributed by atoms with Gasteiger partial charge in [0.1, 0.15) is 5.02 Å². The molecule has 17 heavy (non-hydrogen) atoms. The Labute approximate surface area is 105 Å². The first-order valence-electron chi connectivity index (χ1n) is 5.83. The van der Waals surface area contributed by atoms with E-state index in [2.05, 4.69) is 10.4 Å². The molecule has 0 radical (unpaired) electrons. The van der Waals surface area contributed by atoms with Crippen LogP contribution in [0.5, 0.6) is 0 Å². The van der Waals surface area contributed by atoms with Crippen LogP contribution < -0.4 is 10.9 Å². The molecule has 0 amide bonds. The highest BCUT2D eigenvalue weighted by atomic mass is 35.5. The van der Waals surface area contributed by atoms with Gasteiger partial charge >= 0.3 is 0 Å². The van der Waals surface area contributed by atoms with Crippen molar-refractivity contribution in [2.24, 2.45) is 0 Å². The van der Waals surface area contributed by atoms with Gasteiger partial charge in [0.25, 0.3) is 5.56 Å². The molecular weight excluding hydrogens is 242 g/mol. The van der Waals surface area contributed by atoms with E-state index in [4.69, 9.17) is 16.3 Å². The smallest absolute Gasteiger partial charge is 0.287 e. The molecule has 0 bridgehead atoms. The summed E-state index contributed by atoms with van der Waals surface area (Å²) in [4.78, 5) is 11.7. The number of hydrogen-bond acceptors (Lipinski definition) is 4. The Balaban J connectivity index is 2.05. The average molecular weight is 258 g/mol. The van der Waals surface area contributed by atoms with Crippen LogP contribution in [0.3, 0.4) is 0 Å². The number of halogens is 1. The molecule has 1 unspecified atom stereocenters. The summed E-state index contributed by atoms with van der Waals surface area (Å²) in [6.07, 6.45) is 3.93. The molecule has 0 aromatic carbocycles. The van der Waals surface area contributed by atoms with Crippen LogP contribution in [0.15, 0.2) is 11.0 Å². The maximum absolute atomic E-state index is 11.7. The molecule has 0 spiro atoms. The predicted molar refractivity (Wildman–Crippen MR) is 66.6 cm³/mol. The van der Waals surface area contributed by atoms with E-state index in [1.165, 1.54) is 4.68 Å². The summed E-state index contributed by atoms with van der Waals surface area (Å²) < 4.78 is 6.81. The molecule has 94 valence electrons. The van der Waals surface area contributed by atoms with E-state index in [9.17, 15) is 4.79 Å². The monoisotopic (exact) mass is 257 g/mol. The summed E-state index contributed by atoms with van der Waals surface area (Å²) in [5, 5.41) is 7.33. The second kappa shape index (κ2) is 5.51. The lowest BCUT2D eigenvalue weighted by Crippen LogP contribution is -2.25. The zero-order valence-electron chi connectivity index (χ0n) is 9.78. The third-order valence-electron chi connectivity index (χ3n) is 2.83. The highest BCUT2D eigenvalue weighted by Crippen LogP contribution is 2.17. The standard InChI is InChI=1S/C11H16ClN3O2/c1-2-15-11(16)10(12)9(7-14-15)13-6-8-4-3-5-17-8/h7-8,13H,2-6H2,1H3. The first-order valence-corrected chi connectivity index (χ1v) is 6.21. The van der Waals surface area contributed by atoms with Gasteiger partial charge in [-0.15, -0.1) is 0 Å². The fourth-order valence-corrected chi connectivity index (χ4v) is 2.06. The number of anilines is 1. The highest BCUT2D eigenvalue weighted by molar-refractivity contribution is 6.32. The maximum Gasteiger partial charge on any atom is 0.287 e. The molecule has 1 fully saturated rings. The molecule has 1 aliphatic heterocycles. The van der Waals surface area contributed by atoms with Gasteiger partial charge in [0.05, 0.1) is 18.0 Å². The number of ether oxygens (including phenoxy) is 1. The van der Waals surface area contributed by atoms with Crippen molar-refractivity contribution in [2.75, 3.05) is 18.5 Å². The Bertz CT molecular complexity index is 441. The van der Waals surface area contributed by atoms with Crippen molar-refractivity contribution in [2.45, 2.75) is 32.4 Å². The van der Waals surface area contributed by atoms with Crippen molar-refractivity contribution in [3.63, 3.8) is 0 Å². The Kier molecular flexibility index (Phi) is 4.02. The number of hydrogen-bond donors (Lipinski definition) is 1. The number of rotatable bonds is 4. The van der Waals surface area contributed by atoms with E-state index in [1.54, 1.807) is 6.20 Å². The molecular formula is C11H16ClN3O2. The van der Waals surface area contributed by atoms with Gasteiger partial charge in [-0.25, -0.2) is 4.68 Å². The Morgan fingerprint density at radius 1 is 1.71 bits per heavy atom. The van der Waals surface area contributed by atoms with Gasteiger partial charge in [-0.3, -0.25) is 4.79 Å². The van der Waals surface area contributed by atoms with Crippen LogP contribution in [0.2, 0.25) is 5.02 Å². The minimum absolute atomic E-state index is 0.194. The summed E-state index contributed by atoms with van der Waals surface area (Å²) in [5.74, 6) is 0. The molecule has 2 rings (SSSR count). The number of aromatic nitrogens is 2. The van der Waals surface area contributed by atoms with Gasteiger partial charge in [-0.2, -0.15) is 5.10 Å². The predicted octanol–water partition coefficient (Wildman–Crippen LogP) is 1.51. The van der Waals surface area contributed by atoms with Crippen LogP contribution in [0.4, 0.5) is 5.69 Å². The maximum atomic E-state index is 11.7. The van der Waals surface area contributed by atoms with Gasteiger partial charge in [0.2, 0.25) is 0 Å². The zero-order chi connectivity index (χ0) is 12.3. The zero-order valence-corrected chi connectivity index (χ0v) is 10.5. The Morgan fingerprint density at radius 3 is 3.18 bits per heavy atom. The molecule has 0 aliphatic carbocycles. The third-order valence-corrected chi connectivity index (χ3v) is 3.19. The summed E-state index contributed by atoms with van der Waals surface area (Å²) >= 11 is 5.99. The third kappa shape index (κ3) is 2.79. The van der Waals surface area contributed by atoms with Crippen molar-refractivity contribution >= 4 is 17.3 Å². The molecule has 1 atom stereocenters. The van der Waals surface area contributed by atoms with Crippen LogP contribution in [0.25, 0.3) is 0 Å². The first-order chi connectivity index (χ1) is 8.22. The topological polar surface area (TPSA) is 56.1 Å². The van der Waals surface area contributed by atoms with E-state index in [0.717, 1.165) is 19.4 Å². The fraction of sp³-hybridized carbons (Fsp3) is 0.636. The van der Waals surface area contributed by atoms with Crippen LogP contribution in [-0.2, 0) is 11.3 Å². The van der Waals surface area contributed by atoms with Gasteiger partial charge in [-0.1, -0.05) is 11.6 Å². The van der Waals surface area contributed by atoms with Crippen LogP contribution in [0, 0.1) is 0 Å². The lowest BCUT2D eigenvalue weighted by molar-refractivity contribution is 0.120. The lowest BCUT2D eigenvalue weighted by Gasteiger charge is -2.13. The van der Waals surface area contributed by atoms with Crippen LogP contribution in [-0.4, -0.2) is 29.0 Å². The summed E-state index contributed by atoms with van der Waals surface area (Å²) in [6, 6.07) is 0. The molecule has 2 heterocycles. The van der Waals surface area contributed by atoms with E-state index in [0.29, 0.717) is 18.8 Å². The van der Waals surface area contributed by atoms with Gasteiger partial charge in [0.15, 0.2) is 0 Å². The number of nitrogens with one attached hydrogen (secondary N) is 1. The molecule has 1 aromatic rings. The normalized spacial score (nSPS) is 19.5. The number of nitrogens with zero attached hydrogens (tertiary/aromatic N) is 2. The van der Waals surface area contributed by atoms with E-state index in [1.807, 2.05) is 6.92 Å². The van der Waals surface area contributed by atoms with E-state index < -0.39 is 0 Å². The summed E-state index contributed by atoms with van der Waals surface area (Å²) in [5.41, 5.74) is 0.323. The highest BCUT2D eigenvalue weighted by Gasteiger charge is 2.16. The van der Waals surface area contributed by atoms with E-state index in [-0.39, 0.29) is 16.7 Å². The molecule has 1 aromatic heterocycles. The van der Waals surface area contributed by atoms with Gasteiger partial charge in [-0.05, 0) is 19.8 Å². The largest absolute Gasteiger partial charge is 0.380 e. The second-order valence-corrected chi connectivity index (χ2v) is 4.39. The molecule has 1 aliphatic rings. The van der Waals surface area contributed by atoms with Crippen molar-refractivity contribution in [3.8, 4) is 0 Å². The molecule has 0 saturated carbocycles.